The van der Waals surface area contributed by atoms with Gasteiger partial charge in [0.15, 0.2) is 21.3 Å². The fourth-order valence-electron chi connectivity index (χ4n) is 2.05. The van der Waals surface area contributed by atoms with Gasteiger partial charge in [-0.25, -0.2) is 4.79 Å². The van der Waals surface area contributed by atoms with Crippen LogP contribution in [0.3, 0.4) is 0 Å². The SMILES string of the molecule is Cc1cc2c(cc1[S+]([O-])c1ccccc1)OC(C(=O)O)O2. The van der Waals surface area contributed by atoms with Gasteiger partial charge in [-0.2, -0.15) is 0 Å². The van der Waals surface area contributed by atoms with E-state index in [-0.39, 0.29) is 0 Å². The lowest BCUT2D eigenvalue weighted by atomic mass is 10.2. The number of rotatable bonds is 3. The van der Waals surface area contributed by atoms with Gasteiger partial charge in [-0.1, -0.05) is 18.2 Å². The summed E-state index contributed by atoms with van der Waals surface area (Å²) in [6.45, 7) is 1.80. The third-order valence-corrected chi connectivity index (χ3v) is 4.61. The Kier molecular flexibility index (Phi) is 3.48. The molecule has 0 amide bonds. The molecule has 2 unspecified atom stereocenters. The molecule has 1 N–H and O–H groups in total. The van der Waals surface area contributed by atoms with Gasteiger partial charge in [-0.05, 0) is 25.1 Å². The second kappa shape index (κ2) is 5.31. The number of carboxylic acid groups (broad SMARTS) is 1. The van der Waals surface area contributed by atoms with E-state index in [0.29, 0.717) is 21.3 Å². The second-order valence-electron chi connectivity index (χ2n) is 4.55. The Balaban J connectivity index is 1.96. The van der Waals surface area contributed by atoms with Crippen LogP contribution in [-0.4, -0.2) is 21.9 Å². The molecule has 0 aliphatic carbocycles. The fourth-order valence-corrected chi connectivity index (χ4v) is 3.28. The van der Waals surface area contributed by atoms with Gasteiger partial charge in [0.1, 0.15) is 0 Å². The van der Waals surface area contributed by atoms with Gasteiger partial charge in [0.05, 0.1) is 0 Å². The Hall–Kier alpha value is -2.18. The lowest BCUT2D eigenvalue weighted by Crippen LogP contribution is -2.28. The highest BCUT2D eigenvalue weighted by molar-refractivity contribution is 7.91. The molecular weight excluding hydrogens is 292 g/mol. The molecule has 1 aliphatic rings. The second-order valence-corrected chi connectivity index (χ2v) is 6.00. The van der Waals surface area contributed by atoms with Crippen LogP contribution in [0.1, 0.15) is 5.56 Å². The van der Waals surface area contributed by atoms with Crippen LogP contribution >= 0.6 is 0 Å². The number of carboxylic acids is 1. The molecule has 1 heterocycles. The summed E-state index contributed by atoms with van der Waals surface area (Å²) < 4.78 is 22.9. The van der Waals surface area contributed by atoms with Gasteiger partial charge in [-0.3, -0.25) is 0 Å². The molecule has 0 aromatic heterocycles. The number of benzene rings is 2. The highest BCUT2D eigenvalue weighted by Gasteiger charge is 2.33. The number of aliphatic carboxylic acids is 1. The highest BCUT2D eigenvalue weighted by atomic mass is 32.2. The Bertz CT molecular complexity index is 686. The minimum absolute atomic E-state index is 0.298. The maximum Gasteiger partial charge on any atom is 0.387 e. The molecule has 5 nitrogen and oxygen atoms in total. The van der Waals surface area contributed by atoms with Gasteiger partial charge in [-0.15, -0.1) is 0 Å². The molecule has 6 heteroatoms. The van der Waals surface area contributed by atoms with E-state index in [1.807, 2.05) is 18.2 Å². The van der Waals surface area contributed by atoms with Crippen LogP contribution in [0.5, 0.6) is 11.5 Å². The predicted octanol–water partition coefficient (Wildman–Crippen LogP) is 2.34. The highest BCUT2D eigenvalue weighted by Crippen LogP contribution is 2.39. The number of hydrogen-bond donors (Lipinski definition) is 1. The van der Waals surface area contributed by atoms with Crippen molar-refractivity contribution in [2.75, 3.05) is 0 Å². The zero-order chi connectivity index (χ0) is 15.0. The molecule has 21 heavy (non-hydrogen) atoms. The van der Waals surface area contributed by atoms with E-state index in [1.54, 1.807) is 31.2 Å². The van der Waals surface area contributed by atoms with Gasteiger partial charge < -0.3 is 19.1 Å². The van der Waals surface area contributed by atoms with Crippen molar-refractivity contribution in [3.05, 3.63) is 48.0 Å². The first kappa shape index (κ1) is 13.8. The van der Waals surface area contributed by atoms with Gasteiger partial charge in [0.25, 0.3) is 0 Å². The van der Waals surface area contributed by atoms with Crippen molar-refractivity contribution in [3.8, 4) is 11.5 Å². The summed E-state index contributed by atoms with van der Waals surface area (Å²) in [5.41, 5.74) is 0.755. The lowest BCUT2D eigenvalue weighted by Gasteiger charge is -2.12. The molecule has 2 atom stereocenters. The van der Waals surface area contributed by atoms with E-state index in [4.69, 9.17) is 14.6 Å². The monoisotopic (exact) mass is 304 g/mol. The maximum absolute atomic E-state index is 12.6. The van der Waals surface area contributed by atoms with Gasteiger partial charge in [0.2, 0.25) is 0 Å². The zero-order valence-corrected chi connectivity index (χ0v) is 11.9. The first-order valence-electron chi connectivity index (χ1n) is 6.24. The fraction of sp³-hybridized carbons (Fsp3) is 0.133. The molecule has 0 fully saturated rings. The van der Waals surface area contributed by atoms with Crippen molar-refractivity contribution >= 4 is 17.1 Å². The van der Waals surface area contributed by atoms with Crippen molar-refractivity contribution in [1.82, 2.24) is 0 Å². The summed E-state index contributed by atoms with van der Waals surface area (Å²) in [6.07, 6.45) is -1.35. The summed E-state index contributed by atoms with van der Waals surface area (Å²) in [5, 5.41) is 8.90. The smallest absolute Gasteiger partial charge is 0.387 e. The van der Waals surface area contributed by atoms with Crippen molar-refractivity contribution in [2.45, 2.75) is 23.0 Å². The molecule has 0 spiro atoms. The van der Waals surface area contributed by atoms with Crippen molar-refractivity contribution in [1.29, 1.82) is 0 Å². The minimum atomic E-state index is -1.36. The standard InChI is InChI=1S/C15H12O5S/c1-9-7-11-12(20-15(19-11)14(16)17)8-13(9)21(18)10-5-3-2-4-6-10/h2-8,15H,1H3,(H,16,17). The average Bonchev–Trinajstić information content (AvgIpc) is 2.89. The quantitative estimate of drug-likeness (QED) is 0.881. The van der Waals surface area contributed by atoms with Crippen LogP contribution in [0.25, 0.3) is 0 Å². The molecule has 0 saturated heterocycles. The Morgan fingerprint density at radius 3 is 2.43 bits per heavy atom. The van der Waals surface area contributed by atoms with Crippen molar-refractivity contribution in [3.63, 3.8) is 0 Å². The third-order valence-electron chi connectivity index (χ3n) is 3.07. The number of aryl methyl sites for hydroxylation is 1. The maximum atomic E-state index is 12.6. The number of hydrogen-bond acceptors (Lipinski definition) is 4. The lowest BCUT2D eigenvalue weighted by molar-refractivity contribution is -0.154. The van der Waals surface area contributed by atoms with Crippen LogP contribution in [-0.2, 0) is 16.0 Å². The van der Waals surface area contributed by atoms with E-state index >= 15 is 0 Å². The van der Waals surface area contributed by atoms with Crippen LogP contribution in [0.4, 0.5) is 0 Å². The number of fused-ring (bicyclic) bond motifs is 1. The van der Waals surface area contributed by atoms with Crippen LogP contribution in [0.15, 0.2) is 52.3 Å². The average molecular weight is 304 g/mol. The Morgan fingerprint density at radius 1 is 1.19 bits per heavy atom. The van der Waals surface area contributed by atoms with Crippen molar-refractivity contribution < 1.29 is 23.9 Å². The van der Waals surface area contributed by atoms with Crippen molar-refractivity contribution in [2.24, 2.45) is 0 Å². The summed E-state index contributed by atoms with van der Waals surface area (Å²) in [6, 6.07) is 12.3. The molecule has 0 radical (unpaired) electrons. The zero-order valence-electron chi connectivity index (χ0n) is 11.1. The minimum Gasteiger partial charge on any atom is -0.606 e. The summed E-state index contributed by atoms with van der Waals surface area (Å²) in [5.74, 6) is -0.546. The summed E-state index contributed by atoms with van der Waals surface area (Å²) in [7, 11) is 0. The van der Waals surface area contributed by atoms with Gasteiger partial charge in [0, 0.05) is 22.8 Å². The van der Waals surface area contributed by atoms with Crippen LogP contribution in [0, 0.1) is 6.92 Å². The predicted molar refractivity (Wildman–Crippen MR) is 75.0 cm³/mol. The van der Waals surface area contributed by atoms with Crippen LogP contribution < -0.4 is 9.47 Å². The van der Waals surface area contributed by atoms with E-state index in [0.717, 1.165) is 5.56 Å². The topological polar surface area (TPSA) is 78.8 Å². The number of carbonyl (C=O) groups is 1. The summed E-state index contributed by atoms with van der Waals surface area (Å²) in [4.78, 5) is 12.1. The first-order chi connectivity index (χ1) is 10.1. The molecule has 2 aromatic rings. The first-order valence-corrected chi connectivity index (χ1v) is 7.39. The van der Waals surface area contributed by atoms with E-state index in [9.17, 15) is 9.35 Å². The van der Waals surface area contributed by atoms with E-state index in [1.165, 1.54) is 0 Å². The molecule has 108 valence electrons. The van der Waals surface area contributed by atoms with Gasteiger partial charge >= 0.3 is 12.3 Å². The summed E-state index contributed by atoms with van der Waals surface area (Å²) >= 11 is -1.36. The number of ether oxygens (including phenoxy) is 2. The molecule has 0 bridgehead atoms. The van der Waals surface area contributed by atoms with Crippen LogP contribution in [0.2, 0.25) is 0 Å². The molecule has 3 rings (SSSR count). The van der Waals surface area contributed by atoms with E-state index < -0.39 is 23.4 Å². The largest absolute Gasteiger partial charge is 0.606 e. The normalized spacial score (nSPS) is 17.5. The van der Waals surface area contributed by atoms with E-state index in [2.05, 4.69) is 0 Å². The Labute approximate surface area is 124 Å². The molecule has 2 aromatic carbocycles. The molecular formula is C15H12O5S. The Morgan fingerprint density at radius 2 is 1.81 bits per heavy atom. The molecule has 1 aliphatic heterocycles. The third kappa shape index (κ3) is 2.55. The molecule has 0 saturated carbocycles.